The molecule has 0 spiro atoms. The molecule has 0 bridgehead atoms. The Balaban J connectivity index is 2.40. The molecule has 0 radical (unpaired) electrons. The molecule has 6 heteroatoms. The predicted octanol–water partition coefficient (Wildman–Crippen LogP) is 3.61. The van der Waals surface area contributed by atoms with Gasteiger partial charge in [-0.15, -0.1) is 0 Å². The largest absolute Gasteiger partial charge is 0.392 e. The molecule has 1 aliphatic carbocycles. The number of oxime groups is 1. The monoisotopic (exact) mass is 346 g/mol. The molecular weight excluding hydrogens is 320 g/mol. The molecule has 2 rings (SSSR count). The second kappa shape index (κ2) is 7.76. The van der Waals surface area contributed by atoms with Crippen LogP contribution in [0.4, 0.5) is 0 Å². The predicted molar refractivity (Wildman–Crippen MR) is 94.4 cm³/mol. The van der Waals surface area contributed by atoms with Crippen molar-refractivity contribution in [3.05, 3.63) is 30.2 Å². The maximum absolute atomic E-state index is 13.2. The SMILES string of the molecule is C=CCO/N=C(\CCC)C1C(=O)CC(C)(C)C(c2cc(C)no2)C1=O. The van der Waals surface area contributed by atoms with Gasteiger partial charge in [0.25, 0.3) is 0 Å². The molecule has 1 saturated carbocycles. The van der Waals surface area contributed by atoms with Crippen molar-refractivity contribution in [1.82, 2.24) is 5.16 Å². The maximum atomic E-state index is 13.2. The number of rotatable bonds is 7. The van der Waals surface area contributed by atoms with Crippen molar-refractivity contribution in [1.29, 1.82) is 0 Å². The van der Waals surface area contributed by atoms with Crippen molar-refractivity contribution in [3.8, 4) is 0 Å². The zero-order chi connectivity index (χ0) is 18.6. The Hall–Kier alpha value is -2.24. The van der Waals surface area contributed by atoms with E-state index >= 15 is 0 Å². The Morgan fingerprint density at radius 3 is 2.80 bits per heavy atom. The minimum absolute atomic E-state index is 0.114. The van der Waals surface area contributed by atoms with Crippen molar-refractivity contribution >= 4 is 17.3 Å². The lowest BCUT2D eigenvalue weighted by Gasteiger charge is -2.38. The van der Waals surface area contributed by atoms with Crippen LogP contribution in [0.15, 0.2) is 28.4 Å². The lowest BCUT2D eigenvalue weighted by Crippen LogP contribution is -2.47. The Bertz CT molecular complexity index is 687. The summed E-state index contributed by atoms with van der Waals surface area (Å²) in [4.78, 5) is 31.1. The first kappa shape index (κ1) is 19.1. The summed E-state index contributed by atoms with van der Waals surface area (Å²) in [6.07, 6.45) is 3.14. The zero-order valence-electron chi connectivity index (χ0n) is 15.4. The number of carbonyl (C=O) groups excluding carboxylic acids is 2. The molecule has 0 amide bonds. The number of hydrogen-bond acceptors (Lipinski definition) is 6. The summed E-state index contributed by atoms with van der Waals surface area (Å²) >= 11 is 0. The second-order valence-corrected chi connectivity index (χ2v) is 7.19. The van der Waals surface area contributed by atoms with E-state index in [1.54, 1.807) is 12.1 Å². The lowest BCUT2D eigenvalue weighted by molar-refractivity contribution is -0.139. The maximum Gasteiger partial charge on any atom is 0.160 e. The molecule has 1 heterocycles. The number of carbonyl (C=O) groups is 2. The van der Waals surface area contributed by atoms with E-state index < -0.39 is 17.3 Å². The van der Waals surface area contributed by atoms with E-state index in [1.807, 2.05) is 27.7 Å². The molecule has 1 aromatic heterocycles. The summed E-state index contributed by atoms with van der Waals surface area (Å²) in [5, 5.41) is 7.97. The van der Waals surface area contributed by atoms with Gasteiger partial charge in [-0.05, 0) is 18.8 Å². The quantitative estimate of drug-likeness (QED) is 0.248. The first-order valence-electron chi connectivity index (χ1n) is 8.61. The Kier molecular flexibility index (Phi) is 5.93. The highest BCUT2D eigenvalue weighted by Crippen LogP contribution is 2.46. The third-order valence-corrected chi connectivity index (χ3v) is 4.45. The Morgan fingerprint density at radius 2 is 2.24 bits per heavy atom. The highest BCUT2D eigenvalue weighted by molar-refractivity contribution is 6.24. The van der Waals surface area contributed by atoms with Crippen molar-refractivity contribution in [2.24, 2.45) is 16.5 Å². The van der Waals surface area contributed by atoms with Gasteiger partial charge in [-0.2, -0.15) is 0 Å². The molecule has 6 nitrogen and oxygen atoms in total. The second-order valence-electron chi connectivity index (χ2n) is 7.19. The number of Topliss-reactive ketones (excluding diaryl/α,β-unsaturated/α-hetero) is 2. The van der Waals surface area contributed by atoms with Gasteiger partial charge in [-0.1, -0.05) is 50.2 Å². The van der Waals surface area contributed by atoms with Crippen LogP contribution in [0, 0.1) is 18.3 Å². The van der Waals surface area contributed by atoms with Crippen LogP contribution in [0.25, 0.3) is 0 Å². The molecule has 1 aromatic rings. The molecule has 1 aliphatic rings. The van der Waals surface area contributed by atoms with Crippen LogP contribution in [0.2, 0.25) is 0 Å². The normalized spacial score (nSPS) is 23.6. The molecule has 0 aromatic carbocycles. The number of aryl methyl sites for hydroxylation is 1. The van der Waals surface area contributed by atoms with Crippen LogP contribution >= 0.6 is 0 Å². The number of hydrogen-bond donors (Lipinski definition) is 0. The molecule has 136 valence electrons. The minimum atomic E-state index is -0.881. The van der Waals surface area contributed by atoms with Crippen molar-refractivity contribution < 1.29 is 18.9 Å². The van der Waals surface area contributed by atoms with E-state index in [0.717, 1.165) is 6.42 Å². The Morgan fingerprint density at radius 1 is 1.52 bits per heavy atom. The van der Waals surface area contributed by atoms with E-state index in [4.69, 9.17) is 9.36 Å². The van der Waals surface area contributed by atoms with Gasteiger partial charge in [0.15, 0.2) is 5.78 Å². The number of ketones is 2. The van der Waals surface area contributed by atoms with Gasteiger partial charge in [0.2, 0.25) is 0 Å². The van der Waals surface area contributed by atoms with Crippen LogP contribution < -0.4 is 0 Å². The van der Waals surface area contributed by atoms with E-state index in [-0.39, 0.29) is 24.6 Å². The standard InChI is InChI=1S/C19H26N2O4/c1-6-8-13(21-24-9-7-2)16-14(22)11-19(4,5)17(18(16)23)15-10-12(3)20-25-15/h7,10,16-17H,2,6,8-9,11H2,1,3-5H3/b21-13+. The van der Waals surface area contributed by atoms with Crippen molar-refractivity contribution in [2.75, 3.05) is 6.61 Å². The van der Waals surface area contributed by atoms with Gasteiger partial charge in [-0.25, -0.2) is 0 Å². The molecule has 0 N–H and O–H groups in total. The average Bonchev–Trinajstić information content (AvgIpc) is 2.92. The molecule has 2 atom stereocenters. The lowest BCUT2D eigenvalue weighted by atomic mass is 9.62. The zero-order valence-corrected chi connectivity index (χ0v) is 15.4. The molecule has 0 saturated heterocycles. The van der Waals surface area contributed by atoms with E-state index in [0.29, 0.717) is 23.6 Å². The number of aromatic nitrogens is 1. The summed E-state index contributed by atoms with van der Waals surface area (Å²) < 4.78 is 5.37. The van der Waals surface area contributed by atoms with Crippen molar-refractivity contribution in [2.45, 2.75) is 52.9 Å². The van der Waals surface area contributed by atoms with E-state index in [9.17, 15) is 9.59 Å². The summed E-state index contributed by atoms with van der Waals surface area (Å²) in [7, 11) is 0. The molecule has 1 fully saturated rings. The van der Waals surface area contributed by atoms with Gasteiger partial charge in [0.05, 0.1) is 17.3 Å². The fraction of sp³-hybridized carbons (Fsp3) is 0.579. The Labute approximate surface area is 148 Å². The van der Waals surface area contributed by atoms with Crippen LogP contribution in [0.5, 0.6) is 0 Å². The smallest absolute Gasteiger partial charge is 0.160 e. The number of nitrogens with zero attached hydrogens (tertiary/aromatic N) is 2. The summed E-state index contributed by atoms with van der Waals surface area (Å²) in [5.74, 6) is -1.21. The summed E-state index contributed by atoms with van der Waals surface area (Å²) in [5.41, 5.74) is 0.663. The van der Waals surface area contributed by atoms with Gasteiger partial charge in [0.1, 0.15) is 24.1 Å². The fourth-order valence-electron chi connectivity index (χ4n) is 3.43. The molecule has 0 aliphatic heterocycles. The fourth-order valence-corrected chi connectivity index (χ4v) is 3.43. The van der Waals surface area contributed by atoms with Gasteiger partial charge in [0, 0.05) is 12.5 Å². The highest BCUT2D eigenvalue weighted by Gasteiger charge is 2.51. The third-order valence-electron chi connectivity index (χ3n) is 4.45. The molecular formula is C19H26N2O4. The van der Waals surface area contributed by atoms with Crippen LogP contribution in [0.1, 0.15) is 57.4 Å². The minimum Gasteiger partial charge on any atom is -0.392 e. The highest BCUT2D eigenvalue weighted by atomic mass is 16.6. The first-order valence-corrected chi connectivity index (χ1v) is 8.61. The summed E-state index contributed by atoms with van der Waals surface area (Å²) in [6.45, 7) is 11.4. The van der Waals surface area contributed by atoms with Crippen LogP contribution in [-0.2, 0) is 14.4 Å². The third kappa shape index (κ3) is 4.06. The van der Waals surface area contributed by atoms with Gasteiger partial charge in [-0.3, -0.25) is 9.59 Å². The average molecular weight is 346 g/mol. The van der Waals surface area contributed by atoms with Crippen molar-refractivity contribution in [3.63, 3.8) is 0 Å². The topological polar surface area (TPSA) is 81.8 Å². The van der Waals surface area contributed by atoms with Crippen LogP contribution in [0.3, 0.4) is 0 Å². The van der Waals surface area contributed by atoms with Gasteiger partial charge >= 0.3 is 0 Å². The molecule has 2 unspecified atom stereocenters. The first-order chi connectivity index (χ1) is 11.8. The van der Waals surface area contributed by atoms with Gasteiger partial charge < -0.3 is 9.36 Å². The van der Waals surface area contributed by atoms with Crippen LogP contribution in [-0.4, -0.2) is 29.0 Å². The molecule has 25 heavy (non-hydrogen) atoms. The van der Waals surface area contributed by atoms with E-state index in [2.05, 4.69) is 16.9 Å². The van der Waals surface area contributed by atoms with E-state index in [1.165, 1.54) is 0 Å². The summed E-state index contributed by atoms with van der Waals surface area (Å²) in [6, 6.07) is 1.77.